The standard InChI is InChI=1S/C31H36N4O5/c1-31(2,3)19-8-10-20(11-9-19)35(29(38)24-15-32-17-33-24)27(23-16-40-30-22(23)12-13-39-30)28(37)34-26-21-7-5-4-6-18(21)14-25(26)36/h4-11,15,17,22-23,25-27,30,36H,12-14,16H2,1-3H3,(H,32,33)(H,34,37)/t22?,23?,25-,26+,27?,30?/m0/s1. The van der Waals surface area contributed by atoms with Gasteiger partial charge in [-0.05, 0) is 40.7 Å². The van der Waals surface area contributed by atoms with Crippen LogP contribution in [0.15, 0.2) is 61.1 Å². The fraction of sp³-hybridized carbons (Fsp3) is 0.452. The van der Waals surface area contributed by atoms with E-state index in [4.69, 9.17) is 9.47 Å². The van der Waals surface area contributed by atoms with Gasteiger partial charge in [0, 0.05) is 30.1 Å². The number of aromatic nitrogens is 2. The molecule has 0 saturated carbocycles. The van der Waals surface area contributed by atoms with Crippen molar-refractivity contribution in [3.05, 3.63) is 83.4 Å². The molecule has 9 nitrogen and oxygen atoms in total. The number of fused-ring (bicyclic) bond motifs is 2. The molecule has 40 heavy (non-hydrogen) atoms. The largest absolute Gasteiger partial charge is 0.390 e. The fourth-order valence-corrected chi connectivity index (χ4v) is 6.34. The average Bonchev–Trinajstić information content (AvgIpc) is 3.73. The number of carbonyl (C=O) groups is 2. The summed E-state index contributed by atoms with van der Waals surface area (Å²) < 4.78 is 11.8. The van der Waals surface area contributed by atoms with Crippen LogP contribution in [0.5, 0.6) is 0 Å². The van der Waals surface area contributed by atoms with Gasteiger partial charge in [-0.25, -0.2) is 4.98 Å². The third-order valence-corrected chi connectivity index (χ3v) is 8.49. The Labute approximate surface area is 233 Å². The molecule has 0 radical (unpaired) electrons. The first-order valence-electron chi connectivity index (χ1n) is 13.9. The Morgan fingerprint density at radius 2 is 1.90 bits per heavy atom. The number of hydrogen-bond donors (Lipinski definition) is 3. The van der Waals surface area contributed by atoms with Gasteiger partial charge in [0.2, 0.25) is 5.91 Å². The molecule has 3 aliphatic rings. The number of aliphatic hydroxyl groups is 1. The summed E-state index contributed by atoms with van der Waals surface area (Å²) in [6.45, 7) is 7.22. The summed E-state index contributed by atoms with van der Waals surface area (Å²) in [5.41, 5.74) is 3.74. The molecule has 2 aromatic carbocycles. The minimum atomic E-state index is -0.915. The number of rotatable bonds is 6. The lowest BCUT2D eigenvalue weighted by Gasteiger charge is -2.36. The highest BCUT2D eigenvalue weighted by molar-refractivity contribution is 6.09. The van der Waals surface area contributed by atoms with E-state index < -0.39 is 24.5 Å². The van der Waals surface area contributed by atoms with Crippen LogP contribution in [-0.4, -0.2) is 58.5 Å². The SMILES string of the molecule is CC(C)(C)c1ccc(N(C(=O)c2c[nH]cn2)C(C(=O)N[C@@H]2c3ccccc3C[C@@H]2O)C2COC3OCCC32)cc1. The first kappa shape index (κ1) is 26.7. The van der Waals surface area contributed by atoms with Gasteiger partial charge in [-0.2, -0.15) is 0 Å². The van der Waals surface area contributed by atoms with Crippen molar-refractivity contribution in [1.82, 2.24) is 15.3 Å². The summed E-state index contributed by atoms with van der Waals surface area (Å²) in [7, 11) is 0. The molecule has 3 aromatic rings. The van der Waals surface area contributed by atoms with E-state index in [1.807, 2.05) is 48.5 Å². The van der Waals surface area contributed by atoms with Gasteiger partial charge in [0.15, 0.2) is 6.29 Å². The number of amides is 2. The first-order valence-corrected chi connectivity index (χ1v) is 13.9. The van der Waals surface area contributed by atoms with Gasteiger partial charge < -0.3 is 24.9 Å². The minimum Gasteiger partial charge on any atom is -0.390 e. The highest BCUT2D eigenvalue weighted by atomic mass is 16.7. The number of benzene rings is 2. The normalized spacial score (nSPS) is 26.2. The first-order chi connectivity index (χ1) is 19.2. The number of aliphatic hydroxyl groups excluding tert-OH is 1. The van der Waals surface area contributed by atoms with E-state index in [9.17, 15) is 14.7 Å². The molecular formula is C31H36N4O5. The zero-order valence-corrected chi connectivity index (χ0v) is 23.0. The Morgan fingerprint density at radius 3 is 2.62 bits per heavy atom. The molecule has 1 aromatic heterocycles. The number of hydrogen-bond acceptors (Lipinski definition) is 6. The van der Waals surface area contributed by atoms with Crippen LogP contribution in [0, 0.1) is 11.8 Å². The number of H-pyrrole nitrogens is 1. The maximum Gasteiger partial charge on any atom is 0.279 e. The molecular weight excluding hydrogens is 508 g/mol. The van der Waals surface area contributed by atoms with E-state index in [-0.39, 0.29) is 41.4 Å². The second kappa shape index (κ2) is 10.5. The van der Waals surface area contributed by atoms with Crippen molar-refractivity contribution < 1.29 is 24.2 Å². The Morgan fingerprint density at radius 1 is 1.12 bits per heavy atom. The molecule has 9 heteroatoms. The maximum atomic E-state index is 14.4. The van der Waals surface area contributed by atoms with E-state index >= 15 is 0 Å². The summed E-state index contributed by atoms with van der Waals surface area (Å²) >= 11 is 0. The number of ether oxygens (including phenoxy) is 2. The van der Waals surface area contributed by atoms with Crippen molar-refractivity contribution >= 4 is 17.5 Å². The van der Waals surface area contributed by atoms with Crippen molar-refractivity contribution in [3.63, 3.8) is 0 Å². The number of imidazole rings is 1. The van der Waals surface area contributed by atoms with Gasteiger partial charge in [-0.1, -0.05) is 57.2 Å². The van der Waals surface area contributed by atoms with Crippen LogP contribution in [-0.2, 0) is 26.1 Å². The summed E-state index contributed by atoms with van der Waals surface area (Å²) in [4.78, 5) is 37.2. The van der Waals surface area contributed by atoms with Crippen LogP contribution in [0.2, 0.25) is 0 Å². The number of aromatic amines is 1. The molecule has 4 unspecified atom stereocenters. The quantitative estimate of drug-likeness (QED) is 0.437. The molecule has 2 amide bonds. The third kappa shape index (κ3) is 4.82. The maximum absolute atomic E-state index is 14.4. The predicted octanol–water partition coefficient (Wildman–Crippen LogP) is 3.51. The molecule has 0 spiro atoms. The van der Waals surface area contributed by atoms with Crippen LogP contribution in [0.1, 0.15) is 60.4 Å². The third-order valence-electron chi connectivity index (χ3n) is 8.49. The fourth-order valence-electron chi connectivity index (χ4n) is 6.34. The molecule has 210 valence electrons. The van der Waals surface area contributed by atoms with Gasteiger partial charge in [0.25, 0.3) is 5.91 Å². The van der Waals surface area contributed by atoms with E-state index in [2.05, 4.69) is 36.1 Å². The molecule has 6 atom stereocenters. The molecule has 2 saturated heterocycles. The molecule has 1 aliphatic carbocycles. The van der Waals surface area contributed by atoms with Gasteiger partial charge in [0.1, 0.15) is 11.7 Å². The molecule has 3 N–H and O–H groups in total. The summed E-state index contributed by atoms with van der Waals surface area (Å²) in [5, 5.41) is 14.0. The van der Waals surface area contributed by atoms with Gasteiger partial charge >= 0.3 is 0 Å². The van der Waals surface area contributed by atoms with Crippen LogP contribution in [0.3, 0.4) is 0 Å². The Hall–Kier alpha value is -3.53. The summed E-state index contributed by atoms with van der Waals surface area (Å²) in [6.07, 6.45) is 3.03. The monoisotopic (exact) mass is 544 g/mol. The zero-order valence-electron chi connectivity index (χ0n) is 23.0. The second-order valence-corrected chi connectivity index (χ2v) is 12.0. The number of nitrogens with zero attached hydrogens (tertiary/aromatic N) is 2. The van der Waals surface area contributed by atoms with Crippen molar-refractivity contribution in [3.8, 4) is 0 Å². The predicted molar refractivity (Wildman–Crippen MR) is 149 cm³/mol. The average molecular weight is 545 g/mol. The number of nitrogens with one attached hydrogen (secondary N) is 2. The summed E-state index contributed by atoms with van der Waals surface area (Å²) in [6, 6.07) is 14.0. The Balaban J connectivity index is 1.42. The lowest BCUT2D eigenvalue weighted by atomic mass is 9.84. The number of carbonyl (C=O) groups excluding carboxylic acids is 2. The summed E-state index contributed by atoms with van der Waals surface area (Å²) in [5.74, 6) is -1.09. The number of anilines is 1. The smallest absolute Gasteiger partial charge is 0.279 e. The van der Waals surface area contributed by atoms with E-state index in [1.165, 1.54) is 12.5 Å². The lowest BCUT2D eigenvalue weighted by Crippen LogP contribution is -2.56. The van der Waals surface area contributed by atoms with Gasteiger partial charge in [-0.3, -0.25) is 14.5 Å². The van der Waals surface area contributed by atoms with Crippen LogP contribution in [0.25, 0.3) is 0 Å². The second-order valence-electron chi connectivity index (χ2n) is 12.0. The molecule has 2 aliphatic heterocycles. The van der Waals surface area contributed by atoms with Crippen LogP contribution >= 0.6 is 0 Å². The van der Waals surface area contributed by atoms with Gasteiger partial charge in [-0.15, -0.1) is 0 Å². The topological polar surface area (TPSA) is 117 Å². The van der Waals surface area contributed by atoms with E-state index in [0.717, 1.165) is 23.1 Å². The van der Waals surface area contributed by atoms with Crippen molar-refractivity contribution in [2.75, 3.05) is 18.1 Å². The zero-order chi connectivity index (χ0) is 28.0. The molecule has 0 bridgehead atoms. The van der Waals surface area contributed by atoms with Crippen LogP contribution in [0.4, 0.5) is 5.69 Å². The van der Waals surface area contributed by atoms with Crippen molar-refractivity contribution in [2.45, 2.75) is 63.5 Å². The van der Waals surface area contributed by atoms with E-state index in [0.29, 0.717) is 18.7 Å². The Bertz CT molecular complexity index is 1370. The molecule has 6 rings (SSSR count). The van der Waals surface area contributed by atoms with Crippen molar-refractivity contribution in [1.29, 1.82) is 0 Å². The van der Waals surface area contributed by atoms with Gasteiger partial charge in [0.05, 0.1) is 31.7 Å². The lowest BCUT2D eigenvalue weighted by molar-refractivity contribution is -0.125. The molecule has 3 heterocycles. The highest BCUT2D eigenvalue weighted by Crippen LogP contribution is 2.41. The Kier molecular flexibility index (Phi) is 6.98. The van der Waals surface area contributed by atoms with Crippen LogP contribution < -0.4 is 10.2 Å². The molecule has 2 fully saturated rings. The van der Waals surface area contributed by atoms with Crippen molar-refractivity contribution in [2.24, 2.45) is 11.8 Å². The van der Waals surface area contributed by atoms with E-state index in [1.54, 1.807) is 4.90 Å². The highest BCUT2D eigenvalue weighted by Gasteiger charge is 2.51. The minimum absolute atomic E-state index is 0.0418.